The van der Waals surface area contributed by atoms with E-state index in [1.165, 1.54) is 37.3 Å². The van der Waals surface area contributed by atoms with Crippen molar-refractivity contribution < 1.29 is 0 Å². The monoisotopic (exact) mass is 178 g/mol. The highest BCUT2D eigenvalue weighted by molar-refractivity contribution is 5.81. The SMILES string of the molecule is NC1=NCC2=C(N1)C1CCN2CC1. The zero-order valence-corrected chi connectivity index (χ0v) is 7.58. The van der Waals surface area contributed by atoms with Crippen molar-refractivity contribution in [1.82, 2.24) is 10.2 Å². The van der Waals surface area contributed by atoms with E-state index in [2.05, 4.69) is 15.2 Å². The van der Waals surface area contributed by atoms with Gasteiger partial charge in [-0.15, -0.1) is 0 Å². The maximum absolute atomic E-state index is 5.66. The van der Waals surface area contributed by atoms with Crippen LogP contribution in [0.1, 0.15) is 12.8 Å². The first-order chi connectivity index (χ1) is 6.34. The molecule has 0 aromatic heterocycles. The fourth-order valence-corrected chi connectivity index (χ4v) is 2.54. The number of guanidine groups is 1. The minimum atomic E-state index is 0.590. The van der Waals surface area contributed by atoms with Crippen LogP contribution in [0.3, 0.4) is 0 Å². The first-order valence-electron chi connectivity index (χ1n) is 4.89. The molecule has 4 aliphatic heterocycles. The number of nitrogens with two attached hydrogens (primary N) is 1. The van der Waals surface area contributed by atoms with E-state index in [-0.39, 0.29) is 0 Å². The van der Waals surface area contributed by atoms with Crippen molar-refractivity contribution in [3.05, 3.63) is 11.4 Å². The number of nitrogens with one attached hydrogen (secondary N) is 1. The largest absolute Gasteiger partial charge is 0.372 e. The fraction of sp³-hybridized carbons (Fsp3) is 0.667. The van der Waals surface area contributed by atoms with E-state index in [0.717, 1.165) is 6.54 Å². The summed E-state index contributed by atoms with van der Waals surface area (Å²) < 4.78 is 0. The van der Waals surface area contributed by atoms with Gasteiger partial charge in [0.1, 0.15) is 0 Å². The Balaban J connectivity index is 1.98. The summed E-state index contributed by atoms with van der Waals surface area (Å²) in [5.74, 6) is 1.31. The maximum Gasteiger partial charge on any atom is 0.193 e. The Morgan fingerprint density at radius 1 is 1.38 bits per heavy atom. The molecule has 0 amide bonds. The molecule has 0 unspecified atom stereocenters. The van der Waals surface area contributed by atoms with E-state index in [4.69, 9.17) is 5.73 Å². The Morgan fingerprint density at radius 2 is 2.15 bits per heavy atom. The van der Waals surface area contributed by atoms with Crippen molar-refractivity contribution in [3.63, 3.8) is 0 Å². The van der Waals surface area contributed by atoms with Crippen LogP contribution < -0.4 is 11.1 Å². The number of allylic oxidation sites excluding steroid dienone is 1. The van der Waals surface area contributed by atoms with E-state index in [9.17, 15) is 0 Å². The standard InChI is InChI=1S/C9H14N4/c10-9-11-5-7-8(12-9)6-1-3-13(7)4-2-6/h6H,1-5H2,(H3,10,11,12). The highest BCUT2D eigenvalue weighted by Crippen LogP contribution is 2.35. The molecule has 0 atom stereocenters. The smallest absolute Gasteiger partial charge is 0.193 e. The Hall–Kier alpha value is -1.19. The third-order valence-electron chi connectivity index (χ3n) is 3.26. The number of hydrogen-bond donors (Lipinski definition) is 2. The van der Waals surface area contributed by atoms with Crippen LogP contribution in [0.2, 0.25) is 0 Å². The Bertz CT molecular complexity index is 297. The first-order valence-corrected chi connectivity index (χ1v) is 4.89. The van der Waals surface area contributed by atoms with Gasteiger partial charge in [0.25, 0.3) is 0 Å². The van der Waals surface area contributed by atoms with Gasteiger partial charge in [0.15, 0.2) is 5.96 Å². The molecule has 0 aliphatic carbocycles. The number of nitrogens with zero attached hydrogens (tertiary/aromatic N) is 2. The van der Waals surface area contributed by atoms with Gasteiger partial charge in [-0.05, 0) is 12.8 Å². The van der Waals surface area contributed by atoms with Crippen LogP contribution >= 0.6 is 0 Å². The molecule has 0 saturated carbocycles. The normalized spacial score (nSPS) is 27.1. The predicted molar refractivity (Wildman–Crippen MR) is 50.9 cm³/mol. The Morgan fingerprint density at radius 3 is 2.92 bits per heavy atom. The number of fused-ring (bicyclic) bond motifs is 2. The van der Waals surface area contributed by atoms with Gasteiger partial charge in [-0.2, -0.15) is 0 Å². The molecule has 0 spiro atoms. The van der Waals surface area contributed by atoms with Crippen molar-refractivity contribution >= 4 is 5.96 Å². The highest BCUT2D eigenvalue weighted by Gasteiger charge is 2.34. The van der Waals surface area contributed by atoms with E-state index in [0.29, 0.717) is 11.9 Å². The van der Waals surface area contributed by atoms with Crippen molar-refractivity contribution in [2.75, 3.05) is 19.6 Å². The summed E-state index contributed by atoms with van der Waals surface area (Å²) in [4.78, 5) is 6.66. The maximum atomic E-state index is 5.66. The Labute approximate surface area is 77.5 Å². The van der Waals surface area contributed by atoms with Crippen LogP contribution in [0.25, 0.3) is 0 Å². The lowest BCUT2D eigenvalue weighted by atomic mass is 9.86. The second kappa shape index (κ2) is 2.40. The van der Waals surface area contributed by atoms with Gasteiger partial charge in [0, 0.05) is 24.7 Å². The van der Waals surface area contributed by atoms with Gasteiger partial charge in [0.2, 0.25) is 0 Å². The van der Waals surface area contributed by atoms with E-state index in [1.54, 1.807) is 0 Å². The van der Waals surface area contributed by atoms with Crippen molar-refractivity contribution in [2.45, 2.75) is 12.8 Å². The molecule has 70 valence electrons. The molecule has 4 aliphatic rings. The topological polar surface area (TPSA) is 53.6 Å². The number of piperidine rings is 1. The van der Waals surface area contributed by atoms with E-state index < -0.39 is 0 Å². The van der Waals surface area contributed by atoms with Gasteiger partial charge in [0.05, 0.1) is 12.2 Å². The van der Waals surface area contributed by atoms with Crippen LogP contribution in [0.5, 0.6) is 0 Å². The fourth-order valence-electron chi connectivity index (χ4n) is 2.54. The van der Waals surface area contributed by atoms with Crippen LogP contribution in [-0.4, -0.2) is 30.5 Å². The molecule has 13 heavy (non-hydrogen) atoms. The number of hydrogen-bond acceptors (Lipinski definition) is 4. The minimum absolute atomic E-state index is 0.590. The van der Waals surface area contributed by atoms with Gasteiger partial charge in [-0.1, -0.05) is 0 Å². The predicted octanol–water partition coefficient (Wildman–Crippen LogP) is -0.158. The second-order valence-corrected chi connectivity index (χ2v) is 3.95. The number of aliphatic imine (C=N–C) groups is 1. The zero-order chi connectivity index (χ0) is 8.84. The molecule has 4 rings (SSSR count). The second-order valence-electron chi connectivity index (χ2n) is 3.95. The molecular weight excluding hydrogens is 164 g/mol. The highest BCUT2D eigenvalue weighted by atomic mass is 15.2. The molecular formula is C9H14N4. The van der Waals surface area contributed by atoms with Crippen LogP contribution in [-0.2, 0) is 0 Å². The average Bonchev–Trinajstić information content (AvgIpc) is 2.19. The molecule has 1 saturated heterocycles. The molecule has 0 aromatic rings. The summed E-state index contributed by atoms with van der Waals surface area (Å²) in [5, 5.41) is 3.22. The molecule has 4 nitrogen and oxygen atoms in total. The lowest BCUT2D eigenvalue weighted by Crippen LogP contribution is -2.49. The van der Waals surface area contributed by atoms with Crippen LogP contribution in [0.15, 0.2) is 16.4 Å². The van der Waals surface area contributed by atoms with Gasteiger partial charge >= 0.3 is 0 Å². The van der Waals surface area contributed by atoms with E-state index >= 15 is 0 Å². The van der Waals surface area contributed by atoms with E-state index in [1.807, 2.05) is 0 Å². The average molecular weight is 178 g/mol. The minimum Gasteiger partial charge on any atom is -0.372 e. The van der Waals surface area contributed by atoms with Crippen molar-refractivity contribution in [2.24, 2.45) is 16.6 Å². The van der Waals surface area contributed by atoms with Gasteiger partial charge in [-0.25, -0.2) is 4.99 Å². The number of rotatable bonds is 0. The van der Waals surface area contributed by atoms with Crippen LogP contribution in [0, 0.1) is 5.92 Å². The Kier molecular flexibility index (Phi) is 1.34. The summed E-state index contributed by atoms with van der Waals surface area (Å²) in [6.45, 7) is 3.20. The molecule has 0 aromatic carbocycles. The van der Waals surface area contributed by atoms with Crippen molar-refractivity contribution in [1.29, 1.82) is 0 Å². The molecule has 4 heteroatoms. The first kappa shape index (κ1) is 7.24. The van der Waals surface area contributed by atoms with Crippen molar-refractivity contribution in [3.8, 4) is 0 Å². The lowest BCUT2D eigenvalue weighted by Gasteiger charge is -2.44. The molecule has 0 radical (unpaired) electrons. The third-order valence-corrected chi connectivity index (χ3v) is 3.26. The molecule has 1 fully saturated rings. The summed E-state index contributed by atoms with van der Waals surface area (Å²) >= 11 is 0. The summed E-state index contributed by atoms with van der Waals surface area (Å²) in [5.41, 5.74) is 8.40. The van der Waals surface area contributed by atoms with Gasteiger partial charge < -0.3 is 16.0 Å². The van der Waals surface area contributed by atoms with Gasteiger partial charge in [-0.3, -0.25) is 0 Å². The summed E-state index contributed by atoms with van der Waals surface area (Å²) in [6.07, 6.45) is 2.55. The molecule has 3 N–H and O–H groups in total. The quantitative estimate of drug-likeness (QED) is 0.542. The summed E-state index contributed by atoms with van der Waals surface area (Å²) in [7, 11) is 0. The third kappa shape index (κ3) is 0.944. The molecule has 2 bridgehead atoms. The zero-order valence-electron chi connectivity index (χ0n) is 7.58. The van der Waals surface area contributed by atoms with Crippen LogP contribution in [0.4, 0.5) is 0 Å². The summed E-state index contributed by atoms with van der Waals surface area (Å²) in [6, 6.07) is 0. The lowest BCUT2D eigenvalue weighted by molar-refractivity contribution is 0.197. The molecule has 4 heterocycles.